The fourth-order valence-corrected chi connectivity index (χ4v) is 1.08. The van der Waals surface area contributed by atoms with Gasteiger partial charge in [0, 0.05) is 26.0 Å². The molecule has 0 aliphatic rings. The molecule has 3 nitrogen and oxygen atoms in total. The Hall–Kier alpha value is -0.930. The number of ether oxygens (including phenoxy) is 1. The van der Waals surface area contributed by atoms with Crippen molar-refractivity contribution in [2.24, 2.45) is 0 Å². The number of nitrogens with one attached hydrogen (secondary N) is 1. The van der Waals surface area contributed by atoms with E-state index in [-0.39, 0.29) is 0 Å². The molecule has 3 heteroatoms. The summed E-state index contributed by atoms with van der Waals surface area (Å²) in [6.45, 7) is 2.69. The zero-order valence-electron chi connectivity index (χ0n) is 7.99. The highest BCUT2D eigenvalue weighted by molar-refractivity contribution is 5.09. The molecular weight excluding hydrogens is 164 g/mol. The highest BCUT2D eigenvalue weighted by Gasteiger charge is 1.90. The third kappa shape index (κ3) is 4.60. The molecule has 0 aliphatic carbocycles. The number of hydrogen-bond donors (Lipinski definition) is 1. The molecule has 72 valence electrons. The van der Waals surface area contributed by atoms with Gasteiger partial charge in [-0.2, -0.15) is 0 Å². The minimum atomic E-state index is 0.774. The Balaban J connectivity index is 2.07. The van der Waals surface area contributed by atoms with Crippen LogP contribution in [0, 0.1) is 0 Å². The molecule has 1 rings (SSSR count). The summed E-state index contributed by atoms with van der Waals surface area (Å²) >= 11 is 0. The van der Waals surface area contributed by atoms with Gasteiger partial charge in [0.2, 0.25) is 0 Å². The topological polar surface area (TPSA) is 34.1 Å². The van der Waals surface area contributed by atoms with Crippen LogP contribution in [0.3, 0.4) is 0 Å². The average Bonchev–Trinajstić information content (AvgIpc) is 2.19. The van der Waals surface area contributed by atoms with Crippen molar-refractivity contribution in [1.82, 2.24) is 10.3 Å². The molecule has 0 fully saturated rings. The highest BCUT2D eigenvalue weighted by atomic mass is 16.5. The number of hydrogen-bond acceptors (Lipinski definition) is 3. The standard InChI is InChI=1S/C10H16N2O/c1-13-9-8-12-7-4-10-2-5-11-6-3-10/h2-3,5-6,12H,4,7-9H2,1H3. The summed E-state index contributed by atoms with van der Waals surface area (Å²) in [6.07, 6.45) is 4.70. The van der Waals surface area contributed by atoms with Crippen molar-refractivity contribution in [2.45, 2.75) is 6.42 Å². The normalized spacial score (nSPS) is 10.2. The number of aromatic nitrogens is 1. The van der Waals surface area contributed by atoms with Gasteiger partial charge >= 0.3 is 0 Å². The molecule has 1 aromatic rings. The van der Waals surface area contributed by atoms with Crippen LogP contribution in [0.1, 0.15) is 5.56 Å². The molecular formula is C10H16N2O. The zero-order valence-corrected chi connectivity index (χ0v) is 7.99. The average molecular weight is 180 g/mol. The summed E-state index contributed by atoms with van der Waals surface area (Å²) in [5.74, 6) is 0. The summed E-state index contributed by atoms with van der Waals surface area (Å²) in [6, 6.07) is 4.08. The van der Waals surface area contributed by atoms with Gasteiger partial charge in [-0.05, 0) is 30.7 Å². The monoisotopic (exact) mass is 180 g/mol. The molecule has 13 heavy (non-hydrogen) atoms. The highest BCUT2D eigenvalue weighted by Crippen LogP contribution is 1.95. The lowest BCUT2D eigenvalue weighted by Gasteiger charge is -2.03. The molecule has 0 atom stereocenters. The van der Waals surface area contributed by atoms with E-state index in [0.717, 1.165) is 26.1 Å². The Labute approximate surface area is 79.1 Å². The van der Waals surface area contributed by atoms with Gasteiger partial charge in [-0.3, -0.25) is 4.98 Å². The summed E-state index contributed by atoms with van der Waals surface area (Å²) in [5, 5.41) is 3.29. The maximum Gasteiger partial charge on any atom is 0.0587 e. The Morgan fingerprint density at radius 2 is 2.08 bits per heavy atom. The van der Waals surface area contributed by atoms with Crippen LogP contribution in [0.5, 0.6) is 0 Å². The third-order valence-electron chi connectivity index (χ3n) is 1.82. The fourth-order valence-electron chi connectivity index (χ4n) is 1.08. The number of methoxy groups -OCH3 is 1. The van der Waals surface area contributed by atoms with Gasteiger partial charge in [-0.15, -0.1) is 0 Å². The minimum Gasteiger partial charge on any atom is -0.383 e. The van der Waals surface area contributed by atoms with E-state index >= 15 is 0 Å². The van der Waals surface area contributed by atoms with Crippen molar-refractivity contribution in [1.29, 1.82) is 0 Å². The van der Waals surface area contributed by atoms with E-state index in [4.69, 9.17) is 4.74 Å². The quantitative estimate of drug-likeness (QED) is 0.659. The van der Waals surface area contributed by atoms with E-state index in [1.54, 1.807) is 7.11 Å². The van der Waals surface area contributed by atoms with Crippen LogP contribution in [0.2, 0.25) is 0 Å². The van der Waals surface area contributed by atoms with Crippen LogP contribution in [0.15, 0.2) is 24.5 Å². The molecule has 0 unspecified atom stereocenters. The maximum absolute atomic E-state index is 4.92. The summed E-state index contributed by atoms with van der Waals surface area (Å²) in [5.41, 5.74) is 1.32. The molecule has 0 bridgehead atoms. The van der Waals surface area contributed by atoms with Gasteiger partial charge in [0.05, 0.1) is 6.61 Å². The van der Waals surface area contributed by atoms with Gasteiger partial charge in [-0.25, -0.2) is 0 Å². The summed E-state index contributed by atoms with van der Waals surface area (Å²) in [4.78, 5) is 3.96. The summed E-state index contributed by atoms with van der Waals surface area (Å²) in [7, 11) is 1.71. The first kappa shape index (κ1) is 10.2. The molecule has 1 aromatic heterocycles. The second-order valence-electron chi connectivity index (χ2n) is 2.85. The molecule has 0 spiro atoms. The van der Waals surface area contributed by atoms with Crippen molar-refractivity contribution >= 4 is 0 Å². The van der Waals surface area contributed by atoms with Gasteiger partial charge in [0.25, 0.3) is 0 Å². The third-order valence-corrected chi connectivity index (χ3v) is 1.82. The fraction of sp³-hybridized carbons (Fsp3) is 0.500. The van der Waals surface area contributed by atoms with Crippen LogP contribution >= 0.6 is 0 Å². The second kappa shape index (κ2) is 6.57. The van der Waals surface area contributed by atoms with E-state index in [9.17, 15) is 0 Å². The zero-order chi connectivity index (χ0) is 9.36. The van der Waals surface area contributed by atoms with E-state index in [2.05, 4.69) is 10.3 Å². The Morgan fingerprint density at radius 3 is 2.77 bits per heavy atom. The van der Waals surface area contributed by atoms with E-state index in [0.29, 0.717) is 0 Å². The first-order valence-corrected chi connectivity index (χ1v) is 4.52. The number of nitrogens with zero attached hydrogens (tertiary/aromatic N) is 1. The Bertz CT molecular complexity index is 213. The predicted molar refractivity (Wildman–Crippen MR) is 52.7 cm³/mol. The molecule has 0 aliphatic heterocycles. The maximum atomic E-state index is 4.92. The number of pyridine rings is 1. The smallest absolute Gasteiger partial charge is 0.0587 e. The van der Waals surface area contributed by atoms with Crippen LogP contribution in [0.4, 0.5) is 0 Å². The van der Waals surface area contributed by atoms with Crippen molar-refractivity contribution < 1.29 is 4.74 Å². The first-order chi connectivity index (χ1) is 6.43. The van der Waals surface area contributed by atoms with E-state index in [1.807, 2.05) is 24.5 Å². The van der Waals surface area contributed by atoms with Crippen LogP contribution < -0.4 is 5.32 Å². The largest absolute Gasteiger partial charge is 0.383 e. The van der Waals surface area contributed by atoms with Crippen molar-refractivity contribution in [3.63, 3.8) is 0 Å². The molecule has 0 saturated heterocycles. The molecule has 0 radical (unpaired) electrons. The SMILES string of the molecule is COCCNCCc1ccncc1. The lowest BCUT2D eigenvalue weighted by molar-refractivity contribution is 0.199. The lowest BCUT2D eigenvalue weighted by Crippen LogP contribution is -2.21. The molecule has 1 N–H and O–H groups in total. The molecule has 1 heterocycles. The molecule has 0 saturated carbocycles. The van der Waals surface area contributed by atoms with Gasteiger partial charge in [0.1, 0.15) is 0 Å². The van der Waals surface area contributed by atoms with Crippen molar-refractivity contribution in [3.05, 3.63) is 30.1 Å². The second-order valence-corrected chi connectivity index (χ2v) is 2.85. The van der Waals surface area contributed by atoms with E-state index in [1.165, 1.54) is 5.56 Å². The van der Waals surface area contributed by atoms with Gasteiger partial charge in [0.15, 0.2) is 0 Å². The summed E-state index contributed by atoms with van der Waals surface area (Å²) < 4.78 is 4.92. The van der Waals surface area contributed by atoms with Crippen LogP contribution in [-0.4, -0.2) is 31.8 Å². The van der Waals surface area contributed by atoms with Crippen molar-refractivity contribution in [3.8, 4) is 0 Å². The minimum absolute atomic E-state index is 0.774. The van der Waals surface area contributed by atoms with Gasteiger partial charge < -0.3 is 10.1 Å². The van der Waals surface area contributed by atoms with Crippen molar-refractivity contribution in [2.75, 3.05) is 26.8 Å². The van der Waals surface area contributed by atoms with Gasteiger partial charge in [-0.1, -0.05) is 0 Å². The lowest BCUT2D eigenvalue weighted by atomic mass is 10.2. The van der Waals surface area contributed by atoms with E-state index < -0.39 is 0 Å². The first-order valence-electron chi connectivity index (χ1n) is 4.52. The Morgan fingerprint density at radius 1 is 1.31 bits per heavy atom. The number of rotatable bonds is 6. The molecule has 0 aromatic carbocycles. The van der Waals surface area contributed by atoms with Crippen LogP contribution in [-0.2, 0) is 11.2 Å². The predicted octanol–water partition coefficient (Wildman–Crippen LogP) is 0.860. The Kier molecular flexibility index (Phi) is 5.13. The molecule has 0 amide bonds. The van der Waals surface area contributed by atoms with Crippen LogP contribution in [0.25, 0.3) is 0 Å².